The van der Waals surface area contributed by atoms with Crippen molar-refractivity contribution in [3.63, 3.8) is 0 Å². The second kappa shape index (κ2) is 8.23. The molecule has 128 valence electrons. The summed E-state index contributed by atoms with van der Waals surface area (Å²) in [6.07, 6.45) is 2.33. The van der Waals surface area contributed by atoms with Crippen LogP contribution in [0.15, 0.2) is 52.7 Å². The highest BCUT2D eigenvalue weighted by molar-refractivity contribution is 7.98. The molecule has 1 N–H and O–H groups in total. The number of thiazole rings is 1. The highest BCUT2D eigenvalue weighted by atomic mass is 35.5. The summed E-state index contributed by atoms with van der Waals surface area (Å²) in [4.78, 5) is 17.8. The Labute approximate surface area is 164 Å². The van der Waals surface area contributed by atoms with Crippen LogP contribution in [-0.2, 0) is 11.2 Å². The van der Waals surface area contributed by atoms with Crippen LogP contribution in [0.3, 0.4) is 0 Å². The molecule has 0 atom stereocenters. The zero-order chi connectivity index (χ0) is 17.8. The lowest BCUT2D eigenvalue weighted by atomic mass is 10.1. The first-order chi connectivity index (χ1) is 12.0. The molecule has 25 heavy (non-hydrogen) atoms. The number of hydrogen-bond acceptors (Lipinski definition) is 4. The average molecular weight is 409 g/mol. The number of rotatable bonds is 5. The van der Waals surface area contributed by atoms with Crippen molar-refractivity contribution in [2.75, 3.05) is 11.6 Å². The van der Waals surface area contributed by atoms with E-state index in [4.69, 9.17) is 23.2 Å². The summed E-state index contributed by atoms with van der Waals surface area (Å²) < 4.78 is 0. The molecule has 1 amide bonds. The Hall–Kier alpha value is -1.53. The van der Waals surface area contributed by atoms with E-state index in [1.807, 2.05) is 42.0 Å². The molecule has 0 aliphatic heterocycles. The lowest BCUT2D eigenvalue weighted by Gasteiger charge is -2.03. The smallest absolute Gasteiger partial charge is 0.230 e. The van der Waals surface area contributed by atoms with Gasteiger partial charge in [-0.2, -0.15) is 0 Å². The summed E-state index contributed by atoms with van der Waals surface area (Å²) in [6, 6.07) is 13.2. The minimum absolute atomic E-state index is 0.0972. The molecule has 0 aliphatic carbocycles. The molecular formula is C18H14Cl2N2OS2. The Morgan fingerprint density at radius 1 is 1.20 bits per heavy atom. The molecule has 1 heterocycles. The molecule has 1 aromatic heterocycles. The van der Waals surface area contributed by atoms with E-state index in [-0.39, 0.29) is 5.91 Å². The molecule has 0 saturated heterocycles. The fourth-order valence-corrected chi connectivity index (χ4v) is 3.88. The Bertz CT molecular complexity index is 894. The Balaban J connectivity index is 1.67. The van der Waals surface area contributed by atoms with Gasteiger partial charge < -0.3 is 5.32 Å². The maximum atomic E-state index is 12.2. The van der Waals surface area contributed by atoms with Crippen molar-refractivity contribution in [3.05, 3.63) is 63.5 Å². The number of aromatic nitrogens is 1. The lowest BCUT2D eigenvalue weighted by Crippen LogP contribution is -2.14. The van der Waals surface area contributed by atoms with Gasteiger partial charge in [0.25, 0.3) is 0 Å². The van der Waals surface area contributed by atoms with Gasteiger partial charge in [-0.25, -0.2) is 4.98 Å². The molecule has 0 spiro atoms. The van der Waals surface area contributed by atoms with Crippen LogP contribution in [0.2, 0.25) is 10.0 Å². The van der Waals surface area contributed by atoms with Crippen molar-refractivity contribution in [2.45, 2.75) is 11.3 Å². The molecular weight excluding hydrogens is 395 g/mol. The fourth-order valence-electron chi connectivity index (χ4n) is 2.24. The standard InChI is InChI=1S/C18H14Cl2N2OS2/c1-24-13-5-2-11(3-6-13)8-17(23)22-18-21-16(10-25-18)14-7-4-12(19)9-15(14)20/h2-7,9-10H,8H2,1H3,(H,21,22,23). The molecule has 7 heteroatoms. The van der Waals surface area contributed by atoms with Crippen molar-refractivity contribution in [3.8, 4) is 11.3 Å². The normalized spacial score (nSPS) is 10.7. The minimum Gasteiger partial charge on any atom is -0.302 e. The highest BCUT2D eigenvalue weighted by Gasteiger charge is 2.11. The maximum Gasteiger partial charge on any atom is 0.230 e. The molecule has 3 aromatic rings. The van der Waals surface area contributed by atoms with Crippen molar-refractivity contribution < 1.29 is 4.79 Å². The van der Waals surface area contributed by atoms with Crippen LogP contribution in [-0.4, -0.2) is 17.1 Å². The maximum absolute atomic E-state index is 12.2. The number of hydrogen-bond donors (Lipinski definition) is 1. The van der Waals surface area contributed by atoms with Crippen LogP contribution in [0.25, 0.3) is 11.3 Å². The quantitative estimate of drug-likeness (QED) is 0.524. The van der Waals surface area contributed by atoms with Gasteiger partial charge in [0.15, 0.2) is 5.13 Å². The molecule has 0 unspecified atom stereocenters. The molecule has 0 bridgehead atoms. The van der Waals surface area contributed by atoms with Crippen LogP contribution >= 0.6 is 46.3 Å². The van der Waals surface area contributed by atoms with E-state index in [1.54, 1.807) is 23.9 Å². The number of nitrogens with zero attached hydrogens (tertiary/aromatic N) is 1. The van der Waals surface area contributed by atoms with E-state index in [2.05, 4.69) is 10.3 Å². The summed E-state index contributed by atoms with van der Waals surface area (Å²) >= 11 is 15.2. The first-order valence-corrected chi connectivity index (χ1v) is 10.2. The van der Waals surface area contributed by atoms with Crippen LogP contribution < -0.4 is 5.32 Å². The first-order valence-electron chi connectivity index (χ1n) is 7.39. The van der Waals surface area contributed by atoms with E-state index in [9.17, 15) is 4.79 Å². The SMILES string of the molecule is CSc1ccc(CC(=O)Nc2nc(-c3ccc(Cl)cc3Cl)cs2)cc1. The van der Waals surface area contributed by atoms with E-state index < -0.39 is 0 Å². The van der Waals surface area contributed by atoms with Crippen molar-refractivity contribution in [1.82, 2.24) is 4.98 Å². The van der Waals surface area contributed by atoms with Crippen molar-refractivity contribution >= 4 is 57.3 Å². The van der Waals surface area contributed by atoms with Gasteiger partial charge in [-0.05, 0) is 42.2 Å². The highest BCUT2D eigenvalue weighted by Crippen LogP contribution is 2.32. The summed E-state index contributed by atoms with van der Waals surface area (Å²) in [5.41, 5.74) is 2.47. The molecule has 0 aliphatic rings. The predicted molar refractivity (Wildman–Crippen MR) is 108 cm³/mol. The Kier molecular flexibility index (Phi) is 6.02. The molecule has 3 rings (SSSR count). The van der Waals surface area contributed by atoms with Gasteiger partial charge in [0.1, 0.15) is 0 Å². The molecule has 0 saturated carbocycles. The summed E-state index contributed by atoms with van der Waals surface area (Å²) in [5, 5.41) is 6.35. The van der Waals surface area contributed by atoms with E-state index in [1.165, 1.54) is 16.2 Å². The number of carbonyl (C=O) groups excluding carboxylic acids is 1. The Morgan fingerprint density at radius 2 is 1.96 bits per heavy atom. The fraction of sp³-hybridized carbons (Fsp3) is 0.111. The number of carbonyl (C=O) groups is 1. The third kappa shape index (κ3) is 4.76. The zero-order valence-corrected chi connectivity index (χ0v) is 16.4. The number of thioether (sulfide) groups is 1. The number of benzene rings is 2. The van der Waals surface area contributed by atoms with Crippen LogP contribution in [0.1, 0.15) is 5.56 Å². The van der Waals surface area contributed by atoms with Gasteiger partial charge in [0.2, 0.25) is 5.91 Å². The van der Waals surface area contributed by atoms with Crippen LogP contribution in [0, 0.1) is 0 Å². The number of nitrogens with one attached hydrogen (secondary N) is 1. The second-order valence-electron chi connectivity index (χ2n) is 5.24. The molecule has 0 radical (unpaired) electrons. The number of amides is 1. The number of anilines is 1. The van der Waals surface area contributed by atoms with Crippen molar-refractivity contribution in [2.24, 2.45) is 0 Å². The monoisotopic (exact) mass is 408 g/mol. The van der Waals surface area contributed by atoms with Gasteiger partial charge in [-0.3, -0.25) is 4.79 Å². The zero-order valence-electron chi connectivity index (χ0n) is 13.3. The molecule has 3 nitrogen and oxygen atoms in total. The predicted octanol–water partition coefficient (Wildman–Crippen LogP) is 6.02. The summed E-state index contributed by atoms with van der Waals surface area (Å²) in [6.45, 7) is 0. The van der Waals surface area contributed by atoms with Crippen LogP contribution in [0.4, 0.5) is 5.13 Å². The third-order valence-electron chi connectivity index (χ3n) is 3.48. The average Bonchev–Trinajstić information content (AvgIpc) is 3.03. The molecule has 0 fully saturated rings. The summed E-state index contributed by atoms with van der Waals surface area (Å²) in [5.74, 6) is -0.0972. The largest absolute Gasteiger partial charge is 0.302 e. The van der Waals surface area contributed by atoms with Crippen molar-refractivity contribution in [1.29, 1.82) is 0 Å². The van der Waals surface area contributed by atoms with Gasteiger partial charge >= 0.3 is 0 Å². The van der Waals surface area contributed by atoms with Gasteiger partial charge in [0, 0.05) is 20.9 Å². The second-order valence-corrected chi connectivity index (χ2v) is 7.82. The first kappa shape index (κ1) is 18.3. The topological polar surface area (TPSA) is 42.0 Å². The van der Waals surface area contributed by atoms with Gasteiger partial charge in [0.05, 0.1) is 17.1 Å². The van der Waals surface area contributed by atoms with E-state index in [0.717, 1.165) is 11.1 Å². The number of halogens is 2. The molecule has 2 aromatic carbocycles. The third-order valence-corrected chi connectivity index (χ3v) is 5.53. The van der Waals surface area contributed by atoms with Gasteiger partial charge in [-0.1, -0.05) is 35.3 Å². The van der Waals surface area contributed by atoms with Gasteiger partial charge in [-0.15, -0.1) is 23.1 Å². The minimum atomic E-state index is -0.0972. The summed E-state index contributed by atoms with van der Waals surface area (Å²) in [7, 11) is 0. The lowest BCUT2D eigenvalue weighted by molar-refractivity contribution is -0.115. The Morgan fingerprint density at radius 3 is 2.64 bits per heavy atom. The van der Waals surface area contributed by atoms with E-state index in [0.29, 0.717) is 27.3 Å². The van der Waals surface area contributed by atoms with Crippen LogP contribution in [0.5, 0.6) is 0 Å². The van der Waals surface area contributed by atoms with E-state index >= 15 is 0 Å².